The van der Waals surface area contributed by atoms with Gasteiger partial charge in [-0.1, -0.05) is 6.07 Å². The van der Waals surface area contributed by atoms with Crippen molar-refractivity contribution in [2.75, 3.05) is 25.6 Å². The molecule has 2 amide bonds. The quantitative estimate of drug-likeness (QED) is 0.742. The van der Waals surface area contributed by atoms with E-state index in [4.69, 9.17) is 5.11 Å². The fraction of sp³-hybridized carbons (Fsp3) is 0.333. The molecule has 6 heteroatoms. The predicted molar refractivity (Wildman–Crippen MR) is 66.6 cm³/mol. The normalized spacial score (nSPS) is 9.72. The molecule has 0 heterocycles. The van der Waals surface area contributed by atoms with Gasteiger partial charge in [0.1, 0.15) is 6.61 Å². The number of hydrogen-bond donors (Lipinski definition) is 3. The Morgan fingerprint density at radius 3 is 2.72 bits per heavy atom. The molecule has 0 fully saturated rings. The second-order valence-corrected chi connectivity index (χ2v) is 3.59. The molecule has 0 saturated carbocycles. The molecule has 0 bridgehead atoms. The van der Waals surface area contributed by atoms with Gasteiger partial charge in [-0.3, -0.25) is 10.1 Å². The summed E-state index contributed by atoms with van der Waals surface area (Å²) in [7, 11) is 1.53. The van der Waals surface area contributed by atoms with Crippen molar-refractivity contribution < 1.29 is 19.4 Å². The largest absolute Gasteiger partial charge is 0.447 e. The first-order chi connectivity index (χ1) is 8.58. The SMILES string of the molecule is CNC(=O)c1ccc(C)c(NC(=O)OCCO)c1. The molecule has 18 heavy (non-hydrogen) atoms. The van der Waals surface area contributed by atoms with E-state index >= 15 is 0 Å². The maximum Gasteiger partial charge on any atom is 0.411 e. The van der Waals surface area contributed by atoms with Gasteiger partial charge in [-0.05, 0) is 24.6 Å². The summed E-state index contributed by atoms with van der Waals surface area (Å²) in [5, 5.41) is 13.5. The second-order valence-electron chi connectivity index (χ2n) is 3.59. The summed E-state index contributed by atoms with van der Waals surface area (Å²) in [5.41, 5.74) is 1.75. The van der Waals surface area contributed by atoms with Crippen LogP contribution in [0, 0.1) is 6.92 Å². The van der Waals surface area contributed by atoms with E-state index < -0.39 is 6.09 Å². The molecule has 0 aliphatic carbocycles. The number of rotatable bonds is 4. The van der Waals surface area contributed by atoms with Crippen LogP contribution in [0.3, 0.4) is 0 Å². The van der Waals surface area contributed by atoms with Gasteiger partial charge in [0, 0.05) is 18.3 Å². The molecule has 6 nitrogen and oxygen atoms in total. The summed E-state index contributed by atoms with van der Waals surface area (Å²) in [5.74, 6) is -0.234. The Bertz CT molecular complexity index is 446. The van der Waals surface area contributed by atoms with E-state index in [1.54, 1.807) is 25.1 Å². The third kappa shape index (κ3) is 3.74. The predicted octanol–water partition coefficient (Wildman–Crippen LogP) is 0.895. The van der Waals surface area contributed by atoms with Crippen molar-refractivity contribution in [3.8, 4) is 0 Å². The number of aliphatic hydroxyl groups excluding tert-OH is 1. The summed E-state index contributed by atoms with van der Waals surface area (Å²) in [6.07, 6.45) is -0.666. The average Bonchev–Trinajstić information content (AvgIpc) is 2.38. The molecular formula is C12H16N2O4. The number of ether oxygens (including phenoxy) is 1. The molecule has 1 aromatic carbocycles. The Morgan fingerprint density at radius 1 is 1.39 bits per heavy atom. The number of anilines is 1. The standard InChI is InChI=1S/C12H16N2O4/c1-8-3-4-9(11(16)13-2)7-10(8)14-12(17)18-6-5-15/h3-4,7,15H,5-6H2,1-2H3,(H,13,16)(H,14,17). The fourth-order valence-electron chi connectivity index (χ4n) is 1.33. The van der Waals surface area contributed by atoms with Gasteiger partial charge in [0.15, 0.2) is 0 Å². The van der Waals surface area contributed by atoms with Crippen molar-refractivity contribution in [3.63, 3.8) is 0 Å². The summed E-state index contributed by atoms with van der Waals surface area (Å²) in [6, 6.07) is 4.96. The van der Waals surface area contributed by atoms with Crippen LogP contribution in [0.5, 0.6) is 0 Å². The Kier molecular flexibility index (Phi) is 5.13. The maximum atomic E-state index is 11.4. The van der Waals surface area contributed by atoms with Crippen LogP contribution in [0.4, 0.5) is 10.5 Å². The number of nitrogens with one attached hydrogen (secondary N) is 2. The molecule has 0 saturated heterocycles. The Hall–Kier alpha value is -2.08. The van der Waals surface area contributed by atoms with Crippen molar-refractivity contribution in [2.45, 2.75) is 6.92 Å². The molecular weight excluding hydrogens is 236 g/mol. The Labute approximate surface area is 105 Å². The van der Waals surface area contributed by atoms with E-state index in [1.807, 2.05) is 0 Å². The van der Waals surface area contributed by atoms with Gasteiger partial charge in [0.2, 0.25) is 0 Å². The first kappa shape index (κ1) is 14.0. The second kappa shape index (κ2) is 6.61. The van der Waals surface area contributed by atoms with Crippen molar-refractivity contribution in [1.29, 1.82) is 0 Å². The molecule has 1 aromatic rings. The van der Waals surface area contributed by atoms with Gasteiger partial charge in [0.05, 0.1) is 6.61 Å². The molecule has 1 rings (SSSR count). The van der Waals surface area contributed by atoms with Crippen LogP contribution in [-0.4, -0.2) is 37.4 Å². The zero-order valence-corrected chi connectivity index (χ0v) is 10.3. The summed E-state index contributed by atoms with van der Waals surface area (Å²) < 4.78 is 4.68. The first-order valence-electron chi connectivity index (χ1n) is 5.46. The number of carbonyl (C=O) groups is 2. The van der Waals surface area contributed by atoms with Crippen LogP contribution in [0.2, 0.25) is 0 Å². The summed E-state index contributed by atoms with van der Waals surface area (Å²) >= 11 is 0. The molecule has 0 spiro atoms. The monoisotopic (exact) mass is 252 g/mol. The van der Waals surface area contributed by atoms with Crippen molar-refractivity contribution in [1.82, 2.24) is 5.32 Å². The molecule has 0 unspecified atom stereocenters. The van der Waals surface area contributed by atoms with E-state index in [2.05, 4.69) is 15.4 Å². The first-order valence-corrected chi connectivity index (χ1v) is 5.46. The number of aliphatic hydroxyl groups is 1. The zero-order valence-electron chi connectivity index (χ0n) is 10.3. The van der Waals surface area contributed by atoms with Crippen LogP contribution in [0.25, 0.3) is 0 Å². The van der Waals surface area contributed by atoms with E-state index in [-0.39, 0.29) is 19.1 Å². The molecule has 0 aliphatic heterocycles. The highest BCUT2D eigenvalue weighted by Crippen LogP contribution is 2.17. The highest BCUT2D eigenvalue weighted by atomic mass is 16.6. The van der Waals surface area contributed by atoms with Gasteiger partial charge < -0.3 is 15.2 Å². The topological polar surface area (TPSA) is 87.7 Å². The summed E-state index contributed by atoms with van der Waals surface area (Å²) in [6.45, 7) is 1.50. The number of amides is 2. The molecule has 3 N–H and O–H groups in total. The highest BCUT2D eigenvalue weighted by Gasteiger charge is 2.09. The number of aryl methyl sites for hydroxylation is 1. The van der Waals surface area contributed by atoms with Gasteiger partial charge >= 0.3 is 6.09 Å². The molecule has 98 valence electrons. The van der Waals surface area contributed by atoms with E-state index in [1.165, 1.54) is 7.05 Å². The van der Waals surface area contributed by atoms with Gasteiger partial charge in [-0.25, -0.2) is 4.79 Å². The average molecular weight is 252 g/mol. The van der Waals surface area contributed by atoms with Crippen LogP contribution in [0.1, 0.15) is 15.9 Å². The molecule has 0 aromatic heterocycles. The van der Waals surface area contributed by atoms with Crippen molar-refractivity contribution >= 4 is 17.7 Å². The lowest BCUT2D eigenvalue weighted by molar-refractivity contribution is 0.0963. The van der Waals surface area contributed by atoms with Crippen LogP contribution in [0.15, 0.2) is 18.2 Å². The maximum absolute atomic E-state index is 11.4. The molecule has 0 atom stereocenters. The van der Waals surface area contributed by atoms with E-state index in [0.29, 0.717) is 11.3 Å². The van der Waals surface area contributed by atoms with Gasteiger partial charge in [0.25, 0.3) is 5.91 Å². The van der Waals surface area contributed by atoms with Crippen LogP contribution in [-0.2, 0) is 4.74 Å². The molecule has 0 radical (unpaired) electrons. The van der Waals surface area contributed by atoms with Crippen LogP contribution >= 0.6 is 0 Å². The summed E-state index contributed by atoms with van der Waals surface area (Å²) in [4.78, 5) is 22.8. The van der Waals surface area contributed by atoms with Crippen LogP contribution < -0.4 is 10.6 Å². The lowest BCUT2D eigenvalue weighted by Crippen LogP contribution is -2.19. The van der Waals surface area contributed by atoms with Gasteiger partial charge in [-0.2, -0.15) is 0 Å². The minimum atomic E-state index is -0.666. The smallest absolute Gasteiger partial charge is 0.411 e. The fourth-order valence-corrected chi connectivity index (χ4v) is 1.33. The third-order valence-corrected chi connectivity index (χ3v) is 2.29. The lowest BCUT2D eigenvalue weighted by atomic mass is 10.1. The Morgan fingerprint density at radius 2 is 2.11 bits per heavy atom. The zero-order chi connectivity index (χ0) is 13.5. The number of carbonyl (C=O) groups excluding carboxylic acids is 2. The van der Waals surface area contributed by atoms with E-state index in [9.17, 15) is 9.59 Å². The number of benzene rings is 1. The third-order valence-electron chi connectivity index (χ3n) is 2.29. The minimum absolute atomic E-state index is 0.0694. The Balaban J connectivity index is 2.81. The minimum Gasteiger partial charge on any atom is -0.447 e. The lowest BCUT2D eigenvalue weighted by Gasteiger charge is -2.10. The van der Waals surface area contributed by atoms with E-state index in [0.717, 1.165) is 5.56 Å². The van der Waals surface area contributed by atoms with Crippen molar-refractivity contribution in [3.05, 3.63) is 29.3 Å². The highest BCUT2D eigenvalue weighted by molar-refractivity contribution is 5.96. The number of hydrogen-bond acceptors (Lipinski definition) is 4. The molecule has 0 aliphatic rings. The van der Waals surface area contributed by atoms with Gasteiger partial charge in [-0.15, -0.1) is 0 Å². The van der Waals surface area contributed by atoms with Crippen molar-refractivity contribution in [2.24, 2.45) is 0 Å².